The van der Waals surface area contributed by atoms with Crippen LogP contribution in [0, 0.1) is 0 Å². The van der Waals surface area contributed by atoms with Crippen LogP contribution in [0.3, 0.4) is 0 Å². The fourth-order valence-electron chi connectivity index (χ4n) is 5.20. The molecule has 0 unspecified atom stereocenters. The first-order valence-corrected chi connectivity index (χ1v) is 14.3. The number of benzene rings is 1. The summed E-state index contributed by atoms with van der Waals surface area (Å²) in [6.45, 7) is 3.38. The Balaban J connectivity index is 1.32. The van der Waals surface area contributed by atoms with E-state index < -0.39 is 38.9 Å². The second kappa shape index (κ2) is 8.96. The van der Waals surface area contributed by atoms with Crippen LogP contribution in [0.1, 0.15) is 50.7 Å². The lowest BCUT2D eigenvalue weighted by molar-refractivity contribution is -0.160. The number of rotatable bonds is 6. The van der Waals surface area contributed by atoms with Crippen LogP contribution in [0.25, 0.3) is 0 Å². The summed E-state index contributed by atoms with van der Waals surface area (Å²) in [5, 5.41) is 3.26. The van der Waals surface area contributed by atoms with Gasteiger partial charge < -0.3 is 10.2 Å². The number of imide groups is 1. The molecule has 204 valence electrons. The molecule has 1 saturated carbocycles. The van der Waals surface area contributed by atoms with Gasteiger partial charge in [0.25, 0.3) is 5.91 Å². The number of hydrogen-bond donors (Lipinski definition) is 1. The van der Waals surface area contributed by atoms with Gasteiger partial charge in [-0.3, -0.25) is 4.79 Å². The van der Waals surface area contributed by atoms with Gasteiger partial charge in [0.2, 0.25) is 0 Å². The highest BCUT2D eigenvalue weighted by Crippen LogP contribution is 2.59. The normalized spacial score (nSPS) is 22.6. The molecule has 0 bridgehead atoms. The molecule has 2 saturated heterocycles. The highest BCUT2D eigenvalue weighted by atomic mass is 32.2. The zero-order chi connectivity index (χ0) is 27.5. The Hall–Kier alpha value is -3.15. The minimum atomic E-state index is -4.35. The zero-order valence-corrected chi connectivity index (χ0v) is 21.9. The molecule has 3 aliphatic rings. The predicted molar refractivity (Wildman–Crippen MR) is 135 cm³/mol. The highest BCUT2D eigenvalue weighted by molar-refractivity contribution is 7.91. The van der Waals surface area contributed by atoms with E-state index in [4.69, 9.17) is 0 Å². The van der Waals surface area contributed by atoms with Gasteiger partial charge in [0.05, 0.1) is 22.6 Å². The standard InChI is InChI=1S/C26H29F3N4O4S/c1-24(2)22(34)33(20-5-3-18(4-6-20)25(10-11-25)26(27,28)29)23(35)32(24)16-17-7-12-30-21(15-17)31-19-8-13-38(36,37)14-9-19/h3-7,12,15,19H,8-11,13-14,16H2,1-2H3,(H,30,31). The number of nitrogens with one attached hydrogen (secondary N) is 1. The Morgan fingerprint density at radius 2 is 1.68 bits per heavy atom. The van der Waals surface area contributed by atoms with Crippen LogP contribution in [-0.4, -0.2) is 59.5 Å². The molecular weight excluding hydrogens is 521 g/mol. The summed E-state index contributed by atoms with van der Waals surface area (Å²) in [5.74, 6) is 0.324. The van der Waals surface area contributed by atoms with Gasteiger partial charge in [0, 0.05) is 18.8 Å². The third-order valence-electron chi connectivity index (χ3n) is 7.87. The van der Waals surface area contributed by atoms with E-state index in [0.29, 0.717) is 18.7 Å². The van der Waals surface area contributed by atoms with Gasteiger partial charge in [-0.2, -0.15) is 13.2 Å². The number of hydrogen-bond acceptors (Lipinski definition) is 6. The van der Waals surface area contributed by atoms with Gasteiger partial charge in [-0.1, -0.05) is 12.1 Å². The summed E-state index contributed by atoms with van der Waals surface area (Å²) >= 11 is 0. The molecule has 1 aromatic carbocycles. The molecule has 5 rings (SSSR count). The molecule has 0 atom stereocenters. The minimum Gasteiger partial charge on any atom is -0.367 e. The SMILES string of the molecule is CC1(C)C(=O)N(c2ccc(C3(C(F)(F)F)CC3)cc2)C(=O)N1Cc1ccnc(NC2CCS(=O)(=O)CC2)c1. The number of urea groups is 1. The summed E-state index contributed by atoms with van der Waals surface area (Å²) in [6.07, 6.45) is -1.74. The maximum absolute atomic E-state index is 13.5. The molecule has 3 heterocycles. The van der Waals surface area contributed by atoms with E-state index in [9.17, 15) is 31.2 Å². The van der Waals surface area contributed by atoms with E-state index in [1.54, 1.807) is 32.2 Å². The number of carbonyl (C=O) groups excluding carboxylic acids is 2. The third-order valence-corrected chi connectivity index (χ3v) is 9.58. The molecular formula is C26H29F3N4O4S. The molecule has 3 fully saturated rings. The van der Waals surface area contributed by atoms with E-state index in [1.165, 1.54) is 29.2 Å². The number of nitrogens with zero attached hydrogens (tertiary/aromatic N) is 3. The summed E-state index contributed by atoms with van der Waals surface area (Å²) < 4.78 is 63.9. The number of pyridine rings is 1. The van der Waals surface area contributed by atoms with Gasteiger partial charge in [0.1, 0.15) is 21.2 Å². The van der Waals surface area contributed by atoms with Crippen molar-refractivity contribution in [2.45, 2.75) is 69.2 Å². The number of anilines is 2. The highest BCUT2D eigenvalue weighted by Gasteiger charge is 2.64. The molecule has 0 radical (unpaired) electrons. The zero-order valence-electron chi connectivity index (χ0n) is 21.1. The van der Waals surface area contributed by atoms with Crippen LogP contribution in [-0.2, 0) is 26.6 Å². The molecule has 3 amide bonds. The van der Waals surface area contributed by atoms with Crippen molar-refractivity contribution in [3.63, 3.8) is 0 Å². The monoisotopic (exact) mass is 550 g/mol. The van der Waals surface area contributed by atoms with Crippen molar-refractivity contribution in [2.24, 2.45) is 0 Å². The topological polar surface area (TPSA) is 99.7 Å². The first-order valence-electron chi connectivity index (χ1n) is 12.5. The van der Waals surface area contributed by atoms with Gasteiger partial charge >= 0.3 is 12.2 Å². The van der Waals surface area contributed by atoms with Crippen LogP contribution in [0.4, 0.5) is 29.5 Å². The Morgan fingerprint density at radius 1 is 1.05 bits per heavy atom. The summed E-state index contributed by atoms with van der Waals surface area (Å²) in [6, 6.07) is 8.40. The van der Waals surface area contributed by atoms with Gasteiger partial charge in [-0.25, -0.2) is 23.1 Å². The van der Waals surface area contributed by atoms with E-state index >= 15 is 0 Å². The molecule has 1 aliphatic carbocycles. The van der Waals surface area contributed by atoms with Crippen LogP contribution in [0.15, 0.2) is 42.6 Å². The van der Waals surface area contributed by atoms with Crippen molar-refractivity contribution >= 4 is 33.3 Å². The van der Waals surface area contributed by atoms with Crippen molar-refractivity contribution in [2.75, 3.05) is 21.7 Å². The van der Waals surface area contributed by atoms with Crippen LogP contribution in [0.2, 0.25) is 0 Å². The van der Waals surface area contributed by atoms with E-state index in [0.717, 1.165) is 10.5 Å². The molecule has 2 aromatic rings. The van der Waals surface area contributed by atoms with Crippen LogP contribution < -0.4 is 10.2 Å². The lowest BCUT2D eigenvalue weighted by Gasteiger charge is -2.28. The number of sulfone groups is 1. The molecule has 1 N–H and O–H groups in total. The lowest BCUT2D eigenvalue weighted by atomic mass is 9.95. The third kappa shape index (κ3) is 4.63. The van der Waals surface area contributed by atoms with Crippen molar-refractivity contribution in [1.29, 1.82) is 0 Å². The second-order valence-electron chi connectivity index (χ2n) is 10.8. The van der Waals surface area contributed by atoms with Crippen LogP contribution in [0.5, 0.6) is 0 Å². The van der Waals surface area contributed by atoms with E-state index in [2.05, 4.69) is 10.3 Å². The van der Waals surface area contributed by atoms with Gasteiger partial charge in [0.15, 0.2) is 0 Å². The van der Waals surface area contributed by atoms with Crippen molar-refractivity contribution in [3.8, 4) is 0 Å². The largest absolute Gasteiger partial charge is 0.398 e. The Bertz CT molecular complexity index is 1360. The molecule has 1 aromatic heterocycles. The molecule has 0 spiro atoms. The van der Waals surface area contributed by atoms with Gasteiger partial charge in [-0.15, -0.1) is 0 Å². The number of amides is 3. The second-order valence-corrected chi connectivity index (χ2v) is 13.1. The van der Waals surface area contributed by atoms with E-state index in [1.807, 2.05) is 0 Å². The number of alkyl halides is 3. The molecule has 2 aliphatic heterocycles. The Labute approximate surface area is 219 Å². The number of halogens is 3. The maximum atomic E-state index is 13.5. The van der Waals surface area contributed by atoms with Gasteiger partial charge in [-0.05, 0) is 74.9 Å². The first kappa shape index (κ1) is 26.5. The van der Waals surface area contributed by atoms with Crippen LogP contribution >= 0.6 is 0 Å². The summed E-state index contributed by atoms with van der Waals surface area (Å²) in [4.78, 5) is 33.4. The van der Waals surface area contributed by atoms with Crippen molar-refractivity contribution < 1.29 is 31.2 Å². The maximum Gasteiger partial charge on any atom is 0.398 e. The average Bonchev–Trinajstić information content (AvgIpc) is 3.64. The predicted octanol–water partition coefficient (Wildman–Crippen LogP) is 4.41. The Kier molecular flexibility index (Phi) is 6.24. The van der Waals surface area contributed by atoms with E-state index in [-0.39, 0.29) is 48.2 Å². The quantitative estimate of drug-likeness (QED) is 0.535. The fourth-order valence-corrected chi connectivity index (χ4v) is 6.69. The Morgan fingerprint density at radius 3 is 2.26 bits per heavy atom. The number of carbonyl (C=O) groups is 2. The van der Waals surface area contributed by atoms with Crippen molar-refractivity contribution in [1.82, 2.24) is 9.88 Å². The summed E-state index contributed by atoms with van der Waals surface area (Å²) in [7, 11) is -2.99. The van der Waals surface area contributed by atoms with Crippen molar-refractivity contribution in [3.05, 3.63) is 53.7 Å². The molecule has 8 nitrogen and oxygen atoms in total. The lowest BCUT2D eigenvalue weighted by Crippen LogP contribution is -2.43. The number of aromatic nitrogens is 1. The fraction of sp³-hybridized carbons (Fsp3) is 0.500. The smallest absolute Gasteiger partial charge is 0.367 e. The average molecular weight is 551 g/mol. The first-order chi connectivity index (χ1) is 17.7. The molecule has 38 heavy (non-hydrogen) atoms. The summed E-state index contributed by atoms with van der Waals surface area (Å²) in [5.41, 5.74) is -1.95. The molecule has 12 heteroatoms. The minimum absolute atomic E-state index is 0.0286.